The maximum atomic E-state index is 3.35. The molecule has 0 unspecified atom stereocenters. The highest BCUT2D eigenvalue weighted by molar-refractivity contribution is 5.15. The van der Waals surface area contributed by atoms with E-state index in [4.69, 9.17) is 0 Å². The van der Waals surface area contributed by atoms with E-state index >= 15 is 0 Å². The van der Waals surface area contributed by atoms with Crippen molar-refractivity contribution < 1.29 is 0 Å². The van der Waals surface area contributed by atoms with Gasteiger partial charge in [-0.2, -0.15) is 0 Å². The normalized spacial score (nSPS) is 10.6. The Morgan fingerprint density at radius 2 is 1.07 bits per heavy atom. The average molecular weight is 369 g/mol. The first-order valence-electron chi connectivity index (χ1n) is 11.9. The maximum Gasteiger partial charge on any atom is -0.0234 e. The van der Waals surface area contributed by atoms with Crippen LogP contribution < -0.4 is 0 Å². The summed E-state index contributed by atoms with van der Waals surface area (Å²) in [6.07, 6.45) is 27.9. The maximum absolute atomic E-state index is 3.35. The van der Waals surface area contributed by atoms with Crippen molar-refractivity contribution in [3.05, 3.63) is 53.8 Å². The second-order valence-corrected chi connectivity index (χ2v) is 7.98. The summed E-state index contributed by atoms with van der Waals surface area (Å²) in [6, 6.07) is 10.7. The van der Waals surface area contributed by atoms with E-state index in [0.717, 1.165) is 12.8 Å². The molecule has 0 heterocycles. The van der Waals surface area contributed by atoms with Crippen LogP contribution in [0.15, 0.2) is 48.2 Å². The predicted octanol–water partition coefficient (Wildman–Crippen LogP) is 9.20. The Hall–Kier alpha value is -1.26. The molecule has 0 bridgehead atoms. The quantitative estimate of drug-likeness (QED) is 0.179. The zero-order valence-corrected chi connectivity index (χ0v) is 18.1. The van der Waals surface area contributed by atoms with Crippen molar-refractivity contribution in [2.24, 2.45) is 0 Å². The van der Waals surface area contributed by atoms with Gasteiger partial charge in [0.15, 0.2) is 0 Å². The largest absolute Gasteiger partial charge is 0.130 e. The molecular weight excluding hydrogens is 324 g/mol. The molecule has 0 saturated carbocycles. The fourth-order valence-corrected chi connectivity index (χ4v) is 3.57. The Morgan fingerprint density at radius 3 is 1.63 bits per heavy atom. The average Bonchev–Trinajstić information content (AvgIpc) is 2.70. The van der Waals surface area contributed by atoms with Gasteiger partial charge < -0.3 is 0 Å². The van der Waals surface area contributed by atoms with E-state index in [-0.39, 0.29) is 0 Å². The summed E-state index contributed by atoms with van der Waals surface area (Å²) in [5.74, 6) is 0. The summed E-state index contributed by atoms with van der Waals surface area (Å²) in [4.78, 5) is 0. The highest BCUT2D eigenvalue weighted by Gasteiger charge is 1.93. The standard InChI is InChI=1S/C27H44/c1-2-3-4-5-6-7-8-9-10-11-12-13-14-15-16-17-18-19-21-24-27-25-22-20-23-26-27/h17,19-20,22-23,25-26H,2-16,21,24H2,1H3. The van der Waals surface area contributed by atoms with Gasteiger partial charge in [0.2, 0.25) is 0 Å². The number of rotatable bonds is 18. The Kier molecular flexibility index (Phi) is 17.2. The molecule has 0 aliphatic heterocycles. The third kappa shape index (κ3) is 16.6. The first-order valence-corrected chi connectivity index (χ1v) is 11.9. The van der Waals surface area contributed by atoms with E-state index in [1.54, 1.807) is 0 Å². The molecule has 0 saturated heterocycles. The molecule has 0 aliphatic rings. The van der Waals surface area contributed by atoms with E-state index in [0.29, 0.717) is 0 Å². The number of unbranched alkanes of at least 4 members (excludes halogenated alkanes) is 14. The molecule has 152 valence electrons. The van der Waals surface area contributed by atoms with E-state index < -0.39 is 0 Å². The van der Waals surface area contributed by atoms with Gasteiger partial charge in [-0.15, -0.1) is 5.73 Å². The fourth-order valence-electron chi connectivity index (χ4n) is 3.57. The molecule has 0 spiro atoms. The number of allylic oxidation sites excluding steroid dienone is 1. The molecule has 0 amide bonds. The third-order valence-corrected chi connectivity index (χ3v) is 5.36. The van der Waals surface area contributed by atoms with Gasteiger partial charge in [-0.3, -0.25) is 0 Å². The van der Waals surface area contributed by atoms with Gasteiger partial charge in [-0.05, 0) is 43.4 Å². The smallest absolute Gasteiger partial charge is 0.0234 e. The molecule has 0 aliphatic carbocycles. The van der Waals surface area contributed by atoms with Gasteiger partial charge in [0.05, 0.1) is 0 Å². The summed E-state index contributed by atoms with van der Waals surface area (Å²) in [7, 11) is 0. The van der Waals surface area contributed by atoms with Crippen LogP contribution in [0.3, 0.4) is 0 Å². The van der Waals surface area contributed by atoms with Crippen molar-refractivity contribution in [2.45, 2.75) is 116 Å². The van der Waals surface area contributed by atoms with Gasteiger partial charge in [0.1, 0.15) is 0 Å². The Balaban J connectivity index is 1.78. The van der Waals surface area contributed by atoms with Crippen LogP contribution in [0.1, 0.15) is 115 Å². The number of benzene rings is 1. The minimum atomic E-state index is 1.10. The Labute approximate surface area is 170 Å². The van der Waals surface area contributed by atoms with Gasteiger partial charge in [-0.25, -0.2) is 0 Å². The fraction of sp³-hybridized carbons (Fsp3) is 0.667. The topological polar surface area (TPSA) is 0 Å². The lowest BCUT2D eigenvalue weighted by atomic mass is 10.0. The second kappa shape index (κ2) is 19.5. The van der Waals surface area contributed by atoms with Gasteiger partial charge in [0.25, 0.3) is 0 Å². The zero-order chi connectivity index (χ0) is 19.3. The van der Waals surface area contributed by atoms with Crippen molar-refractivity contribution in [3.8, 4) is 0 Å². The van der Waals surface area contributed by atoms with Crippen molar-refractivity contribution in [1.82, 2.24) is 0 Å². The molecule has 1 rings (SSSR count). The molecule has 0 atom stereocenters. The lowest BCUT2D eigenvalue weighted by Gasteiger charge is -2.02. The van der Waals surface area contributed by atoms with Gasteiger partial charge >= 0.3 is 0 Å². The van der Waals surface area contributed by atoms with Crippen LogP contribution in [0, 0.1) is 0 Å². The van der Waals surface area contributed by atoms with Crippen LogP contribution in [0.4, 0.5) is 0 Å². The highest BCUT2D eigenvalue weighted by atomic mass is 14.0. The molecule has 0 N–H and O–H groups in total. The van der Waals surface area contributed by atoms with Crippen LogP contribution in [0.5, 0.6) is 0 Å². The Morgan fingerprint density at radius 1 is 0.593 bits per heavy atom. The summed E-state index contributed by atoms with van der Waals surface area (Å²) < 4.78 is 0. The van der Waals surface area contributed by atoms with Crippen LogP contribution in [0.2, 0.25) is 0 Å². The van der Waals surface area contributed by atoms with E-state index in [1.165, 1.54) is 102 Å². The number of hydrogen-bond acceptors (Lipinski definition) is 0. The molecule has 0 nitrogen and oxygen atoms in total. The molecule has 0 fully saturated rings. The van der Waals surface area contributed by atoms with E-state index in [9.17, 15) is 0 Å². The summed E-state index contributed by atoms with van der Waals surface area (Å²) >= 11 is 0. The molecular formula is C27H44. The van der Waals surface area contributed by atoms with Crippen LogP contribution in [0.25, 0.3) is 0 Å². The van der Waals surface area contributed by atoms with E-state index in [1.807, 2.05) is 0 Å². The monoisotopic (exact) mass is 368 g/mol. The second-order valence-electron chi connectivity index (χ2n) is 7.98. The number of aryl methyl sites for hydroxylation is 1. The lowest BCUT2D eigenvalue weighted by Crippen LogP contribution is -1.83. The van der Waals surface area contributed by atoms with Crippen molar-refractivity contribution in [3.63, 3.8) is 0 Å². The van der Waals surface area contributed by atoms with Crippen molar-refractivity contribution in [2.75, 3.05) is 0 Å². The van der Waals surface area contributed by atoms with Crippen LogP contribution in [-0.4, -0.2) is 0 Å². The third-order valence-electron chi connectivity index (χ3n) is 5.36. The summed E-state index contributed by atoms with van der Waals surface area (Å²) in [6.45, 7) is 2.29. The van der Waals surface area contributed by atoms with Gasteiger partial charge in [0, 0.05) is 0 Å². The SMILES string of the molecule is CCCCCCCCCCCCCCCCC=C=CCCc1ccccc1. The molecule has 0 radical (unpaired) electrons. The zero-order valence-electron chi connectivity index (χ0n) is 18.1. The van der Waals surface area contributed by atoms with Gasteiger partial charge in [-0.1, -0.05) is 121 Å². The molecule has 0 aromatic heterocycles. The molecule has 0 heteroatoms. The Bertz CT molecular complexity index is 464. The van der Waals surface area contributed by atoms with E-state index in [2.05, 4.69) is 55.1 Å². The molecule has 1 aromatic rings. The minimum Gasteiger partial charge on any atom is -0.130 e. The molecule has 27 heavy (non-hydrogen) atoms. The highest BCUT2D eigenvalue weighted by Crippen LogP contribution is 2.13. The summed E-state index contributed by atoms with van der Waals surface area (Å²) in [5.41, 5.74) is 4.77. The van der Waals surface area contributed by atoms with Crippen LogP contribution in [-0.2, 0) is 6.42 Å². The minimum absolute atomic E-state index is 1.10. The predicted molar refractivity (Wildman–Crippen MR) is 122 cm³/mol. The van der Waals surface area contributed by atoms with Crippen molar-refractivity contribution >= 4 is 0 Å². The summed E-state index contributed by atoms with van der Waals surface area (Å²) in [5, 5.41) is 0. The molecule has 1 aromatic carbocycles. The van der Waals surface area contributed by atoms with Crippen LogP contribution >= 0.6 is 0 Å². The number of hydrogen-bond donors (Lipinski definition) is 0. The first-order chi connectivity index (χ1) is 13.4. The first kappa shape index (κ1) is 23.8. The lowest BCUT2D eigenvalue weighted by molar-refractivity contribution is 0.536. The van der Waals surface area contributed by atoms with Crippen molar-refractivity contribution in [1.29, 1.82) is 0 Å².